The van der Waals surface area contributed by atoms with Crippen LogP contribution in [0.2, 0.25) is 0 Å². The van der Waals surface area contributed by atoms with Gasteiger partial charge in [-0.25, -0.2) is 0 Å². The fourth-order valence-corrected chi connectivity index (χ4v) is 2.03. The molecule has 0 aliphatic heterocycles. The molecule has 0 heterocycles. The van der Waals surface area contributed by atoms with Crippen LogP contribution in [-0.4, -0.2) is 22.9 Å². The summed E-state index contributed by atoms with van der Waals surface area (Å²) in [5.74, 6) is -0.818. The molecule has 0 aliphatic rings. The summed E-state index contributed by atoms with van der Waals surface area (Å²) in [7, 11) is 0. The fourth-order valence-electron chi connectivity index (χ4n) is 2.03. The Morgan fingerprint density at radius 2 is 1.95 bits per heavy atom. The standard InChI is InChI=1S/C17H25NO3/c1-12(19)14-7-5-6-13(10-14)11-18-15(16(20)21)8-9-17(2,3)4/h5-7,10,15,18H,8-9,11H2,1-4H3,(H,20,21). The van der Waals surface area contributed by atoms with Crippen LogP contribution in [0.5, 0.6) is 0 Å². The number of nitrogens with one attached hydrogen (secondary N) is 1. The molecule has 0 spiro atoms. The number of aliphatic carboxylic acids is 1. The van der Waals surface area contributed by atoms with Crippen molar-refractivity contribution in [3.05, 3.63) is 35.4 Å². The molecule has 1 aromatic rings. The zero-order valence-electron chi connectivity index (χ0n) is 13.3. The van der Waals surface area contributed by atoms with Crippen molar-refractivity contribution >= 4 is 11.8 Å². The quantitative estimate of drug-likeness (QED) is 0.757. The molecule has 0 aromatic heterocycles. The van der Waals surface area contributed by atoms with Gasteiger partial charge >= 0.3 is 5.97 Å². The van der Waals surface area contributed by atoms with E-state index >= 15 is 0 Å². The van der Waals surface area contributed by atoms with Gasteiger partial charge in [-0.15, -0.1) is 0 Å². The number of hydrogen-bond donors (Lipinski definition) is 2. The van der Waals surface area contributed by atoms with Gasteiger partial charge in [-0.1, -0.05) is 39.0 Å². The number of Topliss-reactive ketones (excluding diaryl/α,β-unsaturated/α-hetero) is 1. The molecular formula is C17H25NO3. The minimum atomic E-state index is -0.832. The Bertz CT molecular complexity index is 503. The lowest BCUT2D eigenvalue weighted by Gasteiger charge is -2.21. The van der Waals surface area contributed by atoms with Gasteiger partial charge in [0.25, 0.3) is 0 Å². The van der Waals surface area contributed by atoms with Crippen molar-refractivity contribution in [2.24, 2.45) is 5.41 Å². The summed E-state index contributed by atoms with van der Waals surface area (Å²) < 4.78 is 0. The summed E-state index contributed by atoms with van der Waals surface area (Å²) in [4.78, 5) is 22.6. The minimum Gasteiger partial charge on any atom is -0.480 e. The first-order chi connectivity index (χ1) is 9.69. The Morgan fingerprint density at radius 3 is 2.48 bits per heavy atom. The minimum absolute atomic E-state index is 0.0133. The summed E-state index contributed by atoms with van der Waals surface area (Å²) in [5, 5.41) is 12.3. The molecule has 2 N–H and O–H groups in total. The van der Waals surface area contributed by atoms with Crippen LogP contribution in [0.25, 0.3) is 0 Å². The average Bonchev–Trinajstić information content (AvgIpc) is 2.37. The highest BCUT2D eigenvalue weighted by atomic mass is 16.4. The van der Waals surface area contributed by atoms with Gasteiger partial charge in [0.2, 0.25) is 0 Å². The summed E-state index contributed by atoms with van der Waals surface area (Å²) in [6.45, 7) is 8.27. The van der Waals surface area contributed by atoms with Gasteiger partial charge in [0.15, 0.2) is 5.78 Å². The van der Waals surface area contributed by atoms with Crippen molar-refractivity contribution < 1.29 is 14.7 Å². The molecule has 0 saturated heterocycles. The molecule has 0 radical (unpaired) electrons. The van der Waals surface area contributed by atoms with Crippen LogP contribution in [0.1, 0.15) is 56.5 Å². The Kier molecular flexibility index (Phi) is 6.09. The van der Waals surface area contributed by atoms with E-state index in [1.165, 1.54) is 6.92 Å². The highest BCUT2D eigenvalue weighted by Gasteiger charge is 2.20. The van der Waals surface area contributed by atoms with Crippen LogP contribution in [0.15, 0.2) is 24.3 Å². The van der Waals surface area contributed by atoms with Crippen LogP contribution in [0.4, 0.5) is 0 Å². The van der Waals surface area contributed by atoms with Crippen LogP contribution in [0, 0.1) is 5.41 Å². The maximum absolute atomic E-state index is 11.3. The topological polar surface area (TPSA) is 66.4 Å². The number of carbonyl (C=O) groups is 2. The molecule has 116 valence electrons. The molecule has 1 aromatic carbocycles. The second-order valence-corrected chi connectivity index (χ2v) is 6.63. The van der Waals surface area contributed by atoms with Crippen LogP contribution in [-0.2, 0) is 11.3 Å². The molecule has 4 nitrogen and oxygen atoms in total. The Hall–Kier alpha value is -1.68. The second-order valence-electron chi connectivity index (χ2n) is 6.63. The predicted molar refractivity (Wildman–Crippen MR) is 83.4 cm³/mol. The number of carboxylic acid groups (broad SMARTS) is 1. The first kappa shape index (κ1) is 17.4. The first-order valence-corrected chi connectivity index (χ1v) is 7.25. The molecule has 1 unspecified atom stereocenters. The molecule has 21 heavy (non-hydrogen) atoms. The highest BCUT2D eigenvalue weighted by molar-refractivity contribution is 5.94. The van der Waals surface area contributed by atoms with Gasteiger partial charge in [0, 0.05) is 12.1 Å². The molecular weight excluding hydrogens is 266 g/mol. The van der Waals surface area contributed by atoms with E-state index in [2.05, 4.69) is 26.1 Å². The van der Waals surface area contributed by atoms with Gasteiger partial charge in [-0.3, -0.25) is 9.59 Å². The normalized spacial score (nSPS) is 13.0. The number of carboxylic acids is 1. The third-order valence-electron chi connectivity index (χ3n) is 3.37. The van der Waals surface area contributed by atoms with Gasteiger partial charge < -0.3 is 10.4 Å². The Morgan fingerprint density at radius 1 is 1.29 bits per heavy atom. The van der Waals surface area contributed by atoms with Crippen molar-refractivity contribution in [1.82, 2.24) is 5.32 Å². The second kappa shape index (κ2) is 7.36. The molecule has 1 atom stereocenters. The van der Waals surface area contributed by atoms with E-state index in [4.69, 9.17) is 0 Å². The van der Waals surface area contributed by atoms with E-state index in [1.54, 1.807) is 12.1 Å². The third kappa shape index (κ3) is 6.54. The van der Waals surface area contributed by atoms with Crippen LogP contribution >= 0.6 is 0 Å². The number of hydrogen-bond acceptors (Lipinski definition) is 3. The summed E-state index contributed by atoms with van der Waals surface area (Å²) in [6.07, 6.45) is 1.43. The Balaban J connectivity index is 2.63. The fraction of sp³-hybridized carbons (Fsp3) is 0.529. The summed E-state index contributed by atoms with van der Waals surface area (Å²) in [5.41, 5.74) is 1.68. The maximum Gasteiger partial charge on any atom is 0.320 e. The molecule has 1 rings (SSSR count). The molecule has 0 saturated carbocycles. The van der Waals surface area contributed by atoms with Crippen LogP contribution < -0.4 is 5.32 Å². The summed E-state index contributed by atoms with van der Waals surface area (Å²) >= 11 is 0. The average molecular weight is 291 g/mol. The van der Waals surface area contributed by atoms with E-state index in [0.29, 0.717) is 18.5 Å². The van der Waals surface area contributed by atoms with E-state index in [9.17, 15) is 14.7 Å². The number of ketones is 1. The molecule has 0 bridgehead atoms. The van der Waals surface area contributed by atoms with Crippen LogP contribution in [0.3, 0.4) is 0 Å². The van der Waals surface area contributed by atoms with Gasteiger partial charge in [0.05, 0.1) is 0 Å². The SMILES string of the molecule is CC(=O)c1cccc(CNC(CCC(C)(C)C)C(=O)O)c1. The lowest BCUT2D eigenvalue weighted by atomic mass is 9.88. The van der Waals surface area contributed by atoms with Crippen molar-refractivity contribution in [3.63, 3.8) is 0 Å². The van der Waals surface area contributed by atoms with Crippen molar-refractivity contribution in [2.45, 2.75) is 53.1 Å². The smallest absolute Gasteiger partial charge is 0.320 e. The van der Waals surface area contributed by atoms with Crippen molar-refractivity contribution in [2.75, 3.05) is 0 Å². The van der Waals surface area contributed by atoms with E-state index in [0.717, 1.165) is 12.0 Å². The number of carbonyl (C=O) groups excluding carboxylic acids is 1. The zero-order valence-corrected chi connectivity index (χ0v) is 13.3. The molecule has 0 aliphatic carbocycles. The number of benzene rings is 1. The molecule has 4 heteroatoms. The predicted octanol–water partition coefficient (Wildman–Crippen LogP) is 3.26. The summed E-state index contributed by atoms with van der Waals surface area (Å²) in [6, 6.07) is 6.71. The highest BCUT2D eigenvalue weighted by Crippen LogP contribution is 2.21. The largest absolute Gasteiger partial charge is 0.480 e. The van der Waals surface area contributed by atoms with Gasteiger partial charge in [-0.2, -0.15) is 0 Å². The van der Waals surface area contributed by atoms with Gasteiger partial charge in [0.1, 0.15) is 6.04 Å². The van der Waals surface area contributed by atoms with E-state index < -0.39 is 12.0 Å². The van der Waals surface area contributed by atoms with Crippen molar-refractivity contribution in [3.8, 4) is 0 Å². The number of rotatable bonds is 7. The zero-order chi connectivity index (χ0) is 16.0. The molecule has 0 amide bonds. The van der Waals surface area contributed by atoms with Gasteiger partial charge in [-0.05, 0) is 36.8 Å². The lowest BCUT2D eigenvalue weighted by Crippen LogP contribution is -2.37. The Labute approximate surface area is 126 Å². The van der Waals surface area contributed by atoms with Crippen molar-refractivity contribution in [1.29, 1.82) is 0 Å². The molecule has 0 fully saturated rings. The monoisotopic (exact) mass is 291 g/mol. The van der Waals surface area contributed by atoms with E-state index in [1.807, 2.05) is 12.1 Å². The third-order valence-corrected chi connectivity index (χ3v) is 3.37. The van der Waals surface area contributed by atoms with E-state index in [-0.39, 0.29) is 11.2 Å². The lowest BCUT2D eigenvalue weighted by molar-refractivity contribution is -0.139. The maximum atomic E-state index is 11.3. The first-order valence-electron chi connectivity index (χ1n) is 7.25.